The van der Waals surface area contributed by atoms with E-state index in [4.69, 9.17) is 5.73 Å². The summed E-state index contributed by atoms with van der Waals surface area (Å²) in [7, 11) is 0. The molecule has 1 fully saturated rings. The molecule has 0 spiro atoms. The van der Waals surface area contributed by atoms with Gasteiger partial charge in [0.25, 0.3) is 11.8 Å². The number of benzene rings is 2. The summed E-state index contributed by atoms with van der Waals surface area (Å²) in [6.45, 7) is 7.40. The van der Waals surface area contributed by atoms with Crippen molar-refractivity contribution in [1.29, 1.82) is 0 Å². The molecular formula is C25H33N5O3. The number of rotatable bonds is 6. The van der Waals surface area contributed by atoms with E-state index in [0.29, 0.717) is 36.7 Å². The van der Waals surface area contributed by atoms with E-state index in [0.717, 1.165) is 5.56 Å². The zero-order valence-corrected chi connectivity index (χ0v) is 19.5. The Balaban J connectivity index is 1.84. The fraction of sp³-hybridized carbons (Fsp3) is 0.400. The largest absolute Gasteiger partial charge is 0.351 e. The first kappa shape index (κ1) is 24.3. The van der Waals surface area contributed by atoms with Crippen LogP contribution in [0.25, 0.3) is 0 Å². The Bertz CT molecular complexity index is 973. The molecule has 0 bridgehead atoms. The summed E-state index contributed by atoms with van der Waals surface area (Å²) in [6, 6.07) is 14.4. The van der Waals surface area contributed by atoms with Crippen LogP contribution in [0.1, 0.15) is 47.7 Å². The number of amides is 4. The van der Waals surface area contributed by atoms with Crippen molar-refractivity contribution in [1.82, 2.24) is 15.1 Å². The molecule has 0 aromatic heterocycles. The van der Waals surface area contributed by atoms with Crippen LogP contribution >= 0.6 is 0 Å². The van der Waals surface area contributed by atoms with Gasteiger partial charge in [-0.15, -0.1) is 0 Å². The molecule has 0 saturated carbocycles. The lowest BCUT2D eigenvalue weighted by Gasteiger charge is -2.42. The summed E-state index contributed by atoms with van der Waals surface area (Å²) in [6.07, 6.45) is -0.494. The number of nitrogens with zero attached hydrogens (tertiary/aromatic N) is 2. The van der Waals surface area contributed by atoms with Crippen LogP contribution < -0.4 is 16.4 Å². The Labute approximate surface area is 195 Å². The van der Waals surface area contributed by atoms with Gasteiger partial charge in [0.1, 0.15) is 0 Å². The standard InChI is InChI=1S/C25H33N5O3/c1-17(2)19-9-11-21(12-10-19)28-25(33)30-16-4-15-29(23(30)22(31)27-14-13-26)24(32)20-7-5-18(3)6-8-20/h5-12,17,23H,4,13-16,26H2,1-3H3,(H,27,31)(H,28,33). The van der Waals surface area contributed by atoms with E-state index in [-0.39, 0.29) is 19.0 Å². The van der Waals surface area contributed by atoms with Crippen molar-refractivity contribution in [3.05, 3.63) is 65.2 Å². The second-order valence-corrected chi connectivity index (χ2v) is 8.57. The summed E-state index contributed by atoms with van der Waals surface area (Å²) >= 11 is 0. The highest BCUT2D eigenvalue weighted by atomic mass is 16.2. The maximum absolute atomic E-state index is 13.3. The van der Waals surface area contributed by atoms with E-state index < -0.39 is 18.1 Å². The molecule has 176 valence electrons. The maximum atomic E-state index is 13.3. The molecule has 1 atom stereocenters. The van der Waals surface area contributed by atoms with Crippen molar-refractivity contribution in [3.8, 4) is 0 Å². The topological polar surface area (TPSA) is 108 Å². The molecule has 33 heavy (non-hydrogen) atoms. The van der Waals surface area contributed by atoms with Crippen LogP contribution in [0.5, 0.6) is 0 Å². The van der Waals surface area contributed by atoms with Gasteiger partial charge in [0.15, 0.2) is 6.17 Å². The van der Waals surface area contributed by atoms with Crippen molar-refractivity contribution in [2.75, 3.05) is 31.5 Å². The van der Waals surface area contributed by atoms with Crippen LogP contribution in [0.3, 0.4) is 0 Å². The van der Waals surface area contributed by atoms with Crippen LogP contribution in [-0.2, 0) is 4.79 Å². The lowest BCUT2D eigenvalue weighted by molar-refractivity contribution is -0.132. The molecule has 8 heteroatoms. The van der Waals surface area contributed by atoms with Gasteiger partial charge in [-0.25, -0.2) is 4.79 Å². The summed E-state index contributed by atoms with van der Waals surface area (Å²) < 4.78 is 0. The van der Waals surface area contributed by atoms with Crippen LogP contribution in [0.4, 0.5) is 10.5 Å². The fourth-order valence-electron chi connectivity index (χ4n) is 3.83. The minimum Gasteiger partial charge on any atom is -0.351 e. The number of carbonyl (C=O) groups excluding carboxylic acids is 3. The van der Waals surface area contributed by atoms with Crippen LogP contribution in [-0.4, -0.2) is 60.0 Å². The summed E-state index contributed by atoms with van der Waals surface area (Å²) in [5.41, 5.74) is 8.86. The van der Waals surface area contributed by atoms with Crippen LogP contribution in [0, 0.1) is 6.92 Å². The smallest absolute Gasteiger partial charge is 0.323 e. The summed E-state index contributed by atoms with van der Waals surface area (Å²) in [5.74, 6) is -0.332. The predicted molar refractivity (Wildman–Crippen MR) is 129 cm³/mol. The SMILES string of the molecule is Cc1ccc(C(=O)N2CCCN(C(=O)Nc3ccc(C(C)C)cc3)C2C(=O)NCCN)cc1. The molecule has 2 aromatic carbocycles. The molecule has 1 heterocycles. The zero-order chi connectivity index (χ0) is 24.0. The number of urea groups is 1. The van der Waals surface area contributed by atoms with E-state index >= 15 is 0 Å². The van der Waals surface area contributed by atoms with Crippen molar-refractivity contribution in [2.45, 2.75) is 39.3 Å². The van der Waals surface area contributed by atoms with E-state index in [9.17, 15) is 14.4 Å². The van der Waals surface area contributed by atoms with E-state index in [1.54, 1.807) is 12.1 Å². The average Bonchev–Trinajstić information content (AvgIpc) is 2.82. The van der Waals surface area contributed by atoms with E-state index in [1.807, 2.05) is 43.3 Å². The van der Waals surface area contributed by atoms with Gasteiger partial charge in [0.05, 0.1) is 0 Å². The molecule has 1 saturated heterocycles. The average molecular weight is 452 g/mol. The Kier molecular flexibility index (Phi) is 8.06. The molecule has 1 unspecified atom stereocenters. The van der Waals surface area contributed by atoms with Gasteiger partial charge in [-0.3, -0.25) is 14.5 Å². The predicted octanol–water partition coefficient (Wildman–Crippen LogP) is 2.90. The number of carbonyl (C=O) groups is 3. The highest BCUT2D eigenvalue weighted by Gasteiger charge is 2.40. The lowest BCUT2D eigenvalue weighted by atomic mass is 10.0. The molecule has 1 aliphatic rings. The Morgan fingerprint density at radius 2 is 1.64 bits per heavy atom. The van der Waals surface area contributed by atoms with Crippen molar-refractivity contribution >= 4 is 23.5 Å². The summed E-state index contributed by atoms with van der Waals surface area (Å²) in [4.78, 5) is 42.4. The Hall–Kier alpha value is -3.39. The highest BCUT2D eigenvalue weighted by Crippen LogP contribution is 2.22. The van der Waals surface area contributed by atoms with E-state index in [1.165, 1.54) is 15.4 Å². The second-order valence-electron chi connectivity index (χ2n) is 8.57. The highest BCUT2D eigenvalue weighted by molar-refractivity contribution is 6.00. The van der Waals surface area contributed by atoms with Gasteiger partial charge in [0, 0.05) is 37.4 Å². The molecule has 0 aliphatic carbocycles. The monoisotopic (exact) mass is 451 g/mol. The second kappa shape index (κ2) is 11.0. The number of hydrogen-bond acceptors (Lipinski definition) is 4. The summed E-state index contributed by atoms with van der Waals surface area (Å²) in [5, 5.41) is 5.61. The molecule has 2 aromatic rings. The normalized spacial score (nSPS) is 16.0. The lowest BCUT2D eigenvalue weighted by Crippen LogP contribution is -2.64. The third-order valence-electron chi connectivity index (χ3n) is 5.72. The van der Waals surface area contributed by atoms with Crippen LogP contribution in [0.2, 0.25) is 0 Å². The van der Waals surface area contributed by atoms with Crippen molar-refractivity contribution < 1.29 is 14.4 Å². The number of nitrogens with two attached hydrogens (primary N) is 1. The Morgan fingerprint density at radius 1 is 1.00 bits per heavy atom. The third kappa shape index (κ3) is 5.90. The van der Waals surface area contributed by atoms with E-state index in [2.05, 4.69) is 24.5 Å². The zero-order valence-electron chi connectivity index (χ0n) is 19.5. The van der Waals surface area contributed by atoms with Crippen molar-refractivity contribution in [3.63, 3.8) is 0 Å². The van der Waals surface area contributed by atoms with Crippen LogP contribution in [0.15, 0.2) is 48.5 Å². The Morgan fingerprint density at radius 3 is 2.24 bits per heavy atom. The molecule has 0 radical (unpaired) electrons. The van der Waals surface area contributed by atoms with Gasteiger partial charge in [0.2, 0.25) is 0 Å². The molecule has 1 aliphatic heterocycles. The van der Waals surface area contributed by atoms with Gasteiger partial charge < -0.3 is 21.3 Å². The quantitative estimate of drug-likeness (QED) is 0.628. The number of hydrogen-bond donors (Lipinski definition) is 3. The first-order valence-electron chi connectivity index (χ1n) is 11.3. The molecule has 3 rings (SSSR count). The van der Waals surface area contributed by atoms with Gasteiger partial charge in [-0.2, -0.15) is 0 Å². The maximum Gasteiger partial charge on any atom is 0.323 e. The molecule has 8 nitrogen and oxygen atoms in total. The van der Waals surface area contributed by atoms with Gasteiger partial charge in [-0.05, 0) is 49.1 Å². The number of aryl methyl sites for hydroxylation is 1. The molecule has 4 N–H and O–H groups in total. The molecule has 4 amide bonds. The number of nitrogens with one attached hydrogen (secondary N) is 2. The van der Waals surface area contributed by atoms with Crippen molar-refractivity contribution in [2.24, 2.45) is 5.73 Å². The first-order valence-corrected chi connectivity index (χ1v) is 11.3. The number of anilines is 1. The minimum absolute atomic E-state index is 0.258. The molecular weight excluding hydrogens is 418 g/mol. The van der Waals surface area contributed by atoms with Gasteiger partial charge >= 0.3 is 6.03 Å². The minimum atomic E-state index is -1.06. The first-order chi connectivity index (χ1) is 15.8. The van der Waals surface area contributed by atoms with Gasteiger partial charge in [-0.1, -0.05) is 43.7 Å². The third-order valence-corrected chi connectivity index (χ3v) is 5.72. The fourth-order valence-corrected chi connectivity index (χ4v) is 3.83.